The van der Waals surface area contributed by atoms with Gasteiger partial charge in [0.25, 0.3) is 0 Å². The van der Waals surface area contributed by atoms with Gasteiger partial charge in [-0.25, -0.2) is 0 Å². The van der Waals surface area contributed by atoms with Crippen molar-refractivity contribution in [3.63, 3.8) is 0 Å². The standard InChI is InChI=1S/C10H10N2O/c1-2-4-9(5-3-1)8-13-10-6-11-12-7-10/h1-6H,7-8H2. The van der Waals surface area contributed by atoms with Crippen molar-refractivity contribution < 1.29 is 4.74 Å². The largest absolute Gasteiger partial charge is 0.490 e. The molecule has 0 saturated heterocycles. The van der Waals surface area contributed by atoms with Crippen LogP contribution in [0.4, 0.5) is 0 Å². The second-order valence-corrected chi connectivity index (χ2v) is 2.78. The van der Waals surface area contributed by atoms with Crippen molar-refractivity contribution in [3.05, 3.63) is 47.9 Å². The third-order valence-electron chi connectivity index (χ3n) is 1.78. The van der Waals surface area contributed by atoms with E-state index in [9.17, 15) is 0 Å². The van der Waals surface area contributed by atoms with Gasteiger partial charge in [-0.2, -0.15) is 10.2 Å². The summed E-state index contributed by atoms with van der Waals surface area (Å²) in [4.78, 5) is 0. The van der Waals surface area contributed by atoms with Crippen LogP contribution < -0.4 is 0 Å². The molecule has 0 radical (unpaired) electrons. The molecule has 0 saturated carbocycles. The lowest BCUT2D eigenvalue weighted by molar-refractivity contribution is 0.198. The SMILES string of the molecule is C1=C(OCc2ccccc2)CN=N1. The van der Waals surface area contributed by atoms with Gasteiger partial charge < -0.3 is 4.74 Å². The van der Waals surface area contributed by atoms with Crippen LogP contribution in [0.25, 0.3) is 0 Å². The van der Waals surface area contributed by atoms with Gasteiger partial charge in [-0.05, 0) is 5.56 Å². The Kier molecular flexibility index (Phi) is 2.36. The van der Waals surface area contributed by atoms with E-state index in [1.54, 1.807) is 6.20 Å². The highest BCUT2D eigenvalue weighted by molar-refractivity contribution is 5.14. The van der Waals surface area contributed by atoms with Crippen molar-refractivity contribution in [2.45, 2.75) is 6.61 Å². The van der Waals surface area contributed by atoms with Crippen LogP contribution in [-0.4, -0.2) is 6.54 Å². The molecule has 0 fully saturated rings. The number of nitrogens with zero attached hydrogens (tertiary/aromatic N) is 2. The molecule has 0 aromatic heterocycles. The third-order valence-corrected chi connectivity index (χ3v) is 1.78. The summed E-state index contributed by atoms with van der Waals surface area (Å²) in [6.07, 6.45) is 1.66. The molecule has 2 rings (SSSR count). The highest BCUT2D eigenvalue weighted by Gasteiger charge is 2.01. The maximum absolute atomic E-state index is 5.46. The first kappa shape index (κ1) is 7.98. The fourth-order valence-corrected chi connectivity index (χ4v) is 1.09. The predicted molar refractivity (Wildman–Crippen MR) is 49.0 cm³/mol. The first-order valence-corrected chi connectivity index (χ1v) is 4.17. The molecular formula is C10H10N2O. The zero-order valence-electron chi connectivity index (χ0n) is 7.18. The normalized spacial score (nSPS) is 14.3. The molecule has 0 atom stereocenters. The summed E-state index contributed by atoms with van der Waals surface area (Å²) < 4.78 is 5.46. The molecule has 1 aliphatic heterocycles. The Bertz CT molecular complexity index is 330. The number of benzene rings is 1. The average molecular weight is 174 g/mol. The monoisotopic (exact) mass is 174 g/mol. The first-order chi connectivity index (χ1) is 6.45. The van der Waals surface area contributed by atoms with Gasteiger partial charge >= 0.3 is 0 Å². The molecule has 0 spiro atoms. The zero-order valence-corrected chi connectivity index (χ0v) is 7.18. The number of rotatable bonds is 3. The lowest BCUT2D eigenvalue weighted by Gasteiger charge is -2.04. The third kappa shape index (κ3) is 2.15. The predicted octanol–water partition coefficient (Wildman–Crippen LogP) is 2.51. The highest BCUT2D eigenvalue weighted by atomic mass is 16.5. The van der Waals surface area contributed by atoms with Crippen molar-refractivity contribution in [3.8, 4) is 0 Å². The molecular weight excluding hydrogens is 164 g/mol. The highest BCUT2D eigenvalue weighted by Crippen LogP contribution is 2.09. The van der Waals surface area contributed by atoms with Gasteiger partial charge in [-0.3, -0.25) is 0 Å². The van der Waals surface area contributed by atoms with Crippen LogP contribution in [0.5, 0.6) is 0 Å². The summed E-state index contributed by atoms with van der Waals surface area (Å²) in [6, 6.07) is 10.0. The Labute approximate surface area is 76.8 Å². The Morgan fingerprint density at radius 1 is 1.23 bits per heavy atom. The molecule has 1 aromatic carbocycles. The molecule has 13 heavy (non-hydrogen) atoms. The Morgan fingerprint density at radius 2 is 2.08 bits per heavy atom. The van der Waals surface area contributed by atoms with Crippen molar-refractivity contribution in [2.24, 2.45) is 10.2 Å². The summed E-state index contributed by atoms with van der Waals surface area (Å²) in [5.74, 6) is 0.837. The molecule has 0 N–H and O–H groups in total. The quantitative estimate of drug-likeness (QED) is 0.693. The first-order valence-electron chi connectivity index (χ1n) is 4.17. The lowest BCUT2D eigenvalue weighted by Crippen LogP contribution is -1.93. The molecule has 66 valence electrons. The minimum Gasteiger partial charge on any atom is -0.490 e. The van der Waals surface area contributed by atoms with Gasteiger partial charge in [0, 0.05) is 0 Å². The number of ether oxygens (including phenoxy) is 1. The summed E-state index contributed by atoms with van der Waals surface area (Å²) in [6.45, 7) is 1.17. The number of hydrogen-bond donors (Lipinski definition) is 0. The van der Waals surface area contributed by atoms with Crippen LogP contribution in [0.3, 0.4) is 0 Å². The summed E-state index contributed by atoms with van der Waals surface area (Å²) in [5, 5.41) is 7.50. The van der Waals surface area contributed by atoms with E-state index in [0.717, 1.165) is 11.3 Å². The minimum atomic E-state index is 0.576. The smallest absolute Gasteiger partial charge is 0.140 e. The van der Waals surface area contributed by atoms with Crippen molar-refractivity contribution in [1.29, 1.82) is 0 Å². The van der Waals surface area contributed by atoms with Crippen LogP contribution in [0.1, 0.15) is 5.56 Å². The topological polar surface area (TPSA) is 34.0 Å². The number of azo groups is 1. The molecule has 1 heterocycles. The van der Waals surface area contributed by atoms with Crippen molar-refractivity contribution >= 4 is 0 Å². The lowest BCUT2D eigenvalue weighted by atomic mass is 10.2. The molecule has 3 heteroatoms. The van der Waals surface area contributed by atoms with E-state index in [4.69, 9.17) is 4.74 Å². The molecule has 0 unspecified atom stereocenters. The van der Waals surface area contributed by atoms with Crippen LogP contribution in [-0.2, 0) is 11.3 Å². The zero-order chi connectivity index (χ0) is 8.93. The fraction of sp³-hybridized carbons (Fsp3) is 0.200. The fourth-order valence-electron chi connectivity index (χ4n) is 1.09. The molecule has 0 bridgehead atoms. The van der Waals surface area contributed by atoms with Gasteiger partial charge in [0.1, 0.15) is 18.9 Å². The van der Waals surface area contributed by atoms with E-state index < -0.39 is 0 Å². The second-order valence-electron chi connectivity index (χ2n) is 2.78. The van der Waals surface area contributed by atoms with E-state index in [1.165, 1.54) is 0 Å². The van der Waals surface area contributed by atoms with Gasteiger partial charge in [0.15, 0.2) is 0 Å². The van der Waals surface area contributed by atoms with Gasteiger partial charge in [0.2, 0.25) is 0 Å². The van der Waals surface area contributed by atoms with E-state index in [0.29, 0.717) is 13.2 Å². The molecule has 3 nitrogen and oxygen atoms in total. The molecule has 1 aliphatic rings. The van der Waals surface area contributed by atoms with Gasteiger partial charge in [-0.15, -0.1) is 0 Å². The molecule has 0 aliphatic carbocycles. The molecule has 0 amide bonds. The summed E-state index contributed by atoms with van der Waals surface area (Å²) in [7, 11) is 0. The summed E-state index contributed by atoms with van der Waals surface area (Å²) >= 11 is 0. The Hall–Kier alpha value is -1.64. The van der Waals surface area contributed by atoms with Gasteiger partial charge in [-0.1, -0.05) is 30.3 Å². The van der Waals surface area contributed by atoms with E-state index in [2.05, 4.69) is 10.2 Å². The Morgan fingerprint density at radius 3 is 2.77 bits per heavy atom. The molecule has 1 aromatic rings. The van der Waals surface area contributed by atoms with Crippen molar-refractivity contribution in [2.75, 3.05) is 6.54 Å². The van der Waals surface area contributed by atoms with E-state index in [-0.39, 0.29) is 0 Å². The maximum atomic E-state index is 5.46. The summed E-state index contributed by atoms with van der Waals surface area (Å²) in [5.41, 5.74) is 1.16. The second kappa shape index (κ2) is 3.85. The average Bonchev–Trinajstić information content (AvgIpc) is 2.69. The van der Waals surface area contributed by atoms with Crippen LogP contribution >= 0.6 is 0 Å². The Balaban J connectivity index is 1.87. The van der Waals surface area contributed by atoms with Crippen LogP contribution in [0.15, 0.2) is 52.5 Å². The van der Waals surface area contributed by atoms with Crippen LogP contribution in [0, 0.1) is 0 Å². The van der Waals surface area contributed by atoms with Crippen molar-refractivity contribution in [1.82, 2.24) is 0 Å². The number of hydrogen-bond acceptors (Lipinski definition) is 3. The van der Waals surface area contributed by atoms with Gasteiger partial charge in [0.05, 0.1) is 6.20 Å². The van der Waals surface area contributed by atoms with E-state index >= 15 is 0 Å². The maximum Gasteiger partial charge on any atom is 0.140 e. The van der Waals surface area contributed by atoms with Crippen LogP contribution in [0.2, 0.25) is 0 Å². The van der Waals surface area contributed by atoms with E-state index in [1.807, 2.05) is 30.3 Å². The minimum absolute atomic E-state index is 0.576.